The molecule has 0 aliphatic heterocycles. The van der Waals surface area contributed by atoms with Crippen molar-refractivity contribution in [2.75, 3.05) is 21.3 Å². The Morgan fingerprint density at radius 3 is 2.20 bits per heavy atom. The molecular weight excluding hydrogens is 452 g/mol. The number of carbonyl (C=O) groups is 1. The van der Waals surface area contributed by atoms with Gasteiger partial charge in [0.25, 0.3) is 0 Å². The Kier molecular flexibility index (Phi) is 5.62. The van der Waals surface area contributed by atoms with Crippen molar-refractivity contribution in [3.63, 3.8) is 0 Å². The van der Waals surface area contributed by atoms with Crippen LogP contribution in [0.5, 0.6) is 23.0 Å². The van der Waals surface area contributed by atoms with Gasteiger partial charge in [-0.15, -0.1) is 0 Å². The third-order valence-corrected chi connectivity index (χ3v) is 5.52. The van der Waals surface area contributed by atoms with Gasteiger partial charge in [-0.25, -0.2) is 9.59 Å². The largest absolute Gasteiger partial charge is 0.493 e. The van der Waals surface area contributed by atoms with Crippen molar-refractivity contribution in [3.8, 4) is 34.3 Å². The summed E-state index contributed by atoms with van der Waals surface area (Å²) >= 11 is 0. The lowest BCUT2D eigenvalue weighted by Crippen LogP contribution is -2.10. The van der Waals surface area contributed by atoms with Crippen LogP contribution in [0.4, 0.5) is 0 Å². The summed E-state index contributed by atoms with van der Waals surface area (Å²) in [5, 5.41) is 1.45. The number of methoxy groups -OCH3 is 3. The highest BCUT2D eigenvalue weighted by Crippen LogP contribution is 2.39. The molecule has 176 valence electrons. The zero-order valence-electron chi connectivity index (χ0n) is 19.1. The predicted molar refractivity (Wildman–Crippen MR) is 129 cm³/mol. The van der Waals surface area contributed by atoms with Gasteiger partial charge in [-0.3, -0.25) is 0 Å². The smallest absolute Gasteiger partial charge is 0.343 e. The standard InChI is InChI=1S/C27H20O8/c1-30-23-11-16(12-24(31-2)26(23)32-3)27(29)33-17-8-9-21-18(13-17)19(14-25(28)35-21)22-10-15-6-4-5-7-20(15)34-22/h4-14H,1-3H3. The Balaban J connectivity index is 1.55. The maximum absolute atomic E-state index is 12.9. The molecule has 0 radical (unpaired) electrons. The molecule has 5 rings (SSSR count). The van der Waals surface area contributed by atoms with Crippen LogP contribution in [0.25, 0.3) is 33.3 Å². The van der Waals surface area contributed by atoms with E-state index in [1.54, 1.807) is 18.2 Å². The van der Waals surface area contributed by atoms with Crippen molar-refractivity contribution in [2.24, 2.45) is 0 Å². The Morgan fingerprint density at radius 2 is 1.51 bits per heavy atom. The number of ether oxygens (including phenoxy) is 4. The summed E-state index contributed by atoms with van der Waals surface area (Å²) in [6.07, 6.45) is 0. The van der Waals surface area contributed by atoms with E-state index in [4.69, 9.17) is 27.8 Å². The van der Waals surface area contributed by atoms with E-state index in [1.165, 1.54) is 39.5 Å². The molecule has 35 heavy (non-hydrogen) atoms. The van der Waals surface area contributed by atoms with E-state index in [2.05, 4.69) is 0 Å². The van der Waals surface area contributed by atoms with Crippen LogP contribution in [0.3, 0.4) is 0 Å². The van der Waals surface area contributed by atoms with Gasteiger partial charge < -0.3 is 27.8 Å². The van der Waals surface area contributed by atoms with Crippen LogP contribution in [0.1, 0.15) is 10.4 Å². The van der Waals surface area contributed by atoms with Gasteiger partial charge in [-0.2, -0.15) is 0 Å². The Bertz CT molecular complexity index is 1570. The molecule has 0 atom stereocenters. The first-order valence-electron chi connectivity index (χ1n) is 10.6. The van der Waals surface area contributed by atoms with Crippen LogP contribution < -0.4 is 24.6 Å². The van der Waals surface area contributed by atoms with Crippen molar-refractivity contribution in [1.82, 2.24) is 0 Å². The minimum atomic E-state index is -0.633. The Hall–Kier alpha value is -4.72. The van der Waals surface area contributed by atoms with Crippen LogP contribution in [0.15, 0.2) is 80.4 Å². The first-order valence-corrected chi connectivity index (χ1v) is 10.6. The summed E-state index contributed by atoms with van der Waals surface area (Å²) in [5.74, 6) is 1.13. The number of furan rings is 1. The average molecular weight is 472 g/mol. The monoisotopic (exact) mass is 472 g/mol. The van der Waals surface area contributed by atoms with E-state index >= 15 is 0 Å². The van der Waals surface area contributed by atoms with E-state index in [-0.39, 0.29) is 11.3 Å². The summed E-state index contributed by atoms with van der Waals surface area (Å²) in [7, 11) is 4.40. The van der Waals surface area contributed by atoms with Gasteiger partial charge in [0.05, 0.1) is 26.9 Å². The lowest BCUT2D eigenvalue weighted by Gasteiger charge is -2.14. The highest BCUT2D eigenvalue weighted by atomic mass is 16.5. The number of esters is 1. The molecule has 0 unspecified atom stereocenters. The van der Waals surface area contributed by atoms with Crippen LogP contribution in [0.2, 0.25) is 0 Å². The van der Waals surface area contributed by atoms with Gasteiger partial charge in [0.2, 0.25) is 5.75 Å². The minimum Gasteiger partial charge on any atom is -0.493 e. The minimum absolute atomic E-state index is 0.205. The number of fused-ring (bicyclic) bond motifs is 2. The SMILES string of the molecule is COc1cc(C(=O)Oc2ccc3oc(=O)cc(-c4cc5ccccc5o4)c3c2)cc(OC)c1OC. The molecule has 2 heterocycles. The fourth-order valence-electron chi connectivity index (χ4n) is 3.89. The third-order valence-electron chi connectivity index (χ3n) is 5.52. The molecule has 3 aromatic carbocycles. The van der Waals surface area contributed by atoms with Crippen molar-refractivity contribution >= 4 is 27.9 Å². The molecule has 8 nitrogen and oxygen atoms in total. The Morgan fingerprint density at radius 1 is 0.771 bits per heavy atom. The number of hydrogen-bond donors (Lipinski definition) is 0. The highest BCUT2D eigenvalue weighted by Gasteiger charge is 2.19. The van der Waals surface area contributed by atoms with Crippen molar-refractivity contribution in [2.45, 2.75) is 0 Å². The molecule has 0 spiro atoms. The van der Waals surface area contributed by atoms with Gasteiger partial charge in [0.15, 0.2) is 11.5 Å². The molecule has 5 aromatic rings. The van der Waals surface area contributed by atoms with E-state index in [0.717, 1.165) is 5.39 Å². The molecule has 0 amide bonds. The zero-order valence-corrected chi connectivity index (χ0v) is 19.1. The van der Waals surface area contributed by atoms with Crippen LogP contribution in [0, 0.1) is 0 Å². The summed E-state index contributed by atoms with van der Waals surface area (Å²) in [6.45, 7) is 0. The first-order chi connectivity index (χ1) is 17.0. The summed E-state index contributed by atoms with van der Waals surface area (Å²) in [4.78, 5) is 25.1. The van der Waals surface area contributed by atoms with Crippen molar-refractivity contribution in [1.29, 1.82) is 0 Å². The molecular formula is C27H20O8. The number of hydrogen-bond acceptors (Lipinski definition) is 8. The number of benzene rings is 3. The van der Waals surface area contributed by atoms with Crippen LogP contribution in [-0.2, 0) is 0 Å². The van der Waals surface area contributed by atoms with E-state index < -0.39 is 11.6 Å². The summed E-state index contributed by atoms with van der Waals surface area (Å²) < 4.78 is 32.8. The number of para-hydroxylation sites is 1. The van der Waals surface area contributed by atoms with E-state index in [0.29, 0.717) is 45.1 Å². The Labute approximate surface area is 199 Å². The van der Waals surface area contributed by atoms with Crippen LogP contribution >= 0.6 is 0 Å². The van der Waals surface area contributed by atoms with Gasteiger partial charge in [-0.1, -0.05) is 18.2 Å². The fourth-order valence-corrected chi connectivity index (χ4v) is 3.89. The highest BCUT2D eigenvalue weighted by molar-refractivity contribution is 5.97. The van der Waals surface area contributed by atoms with Gasteiger partial charge in [-0.05, 0) is 42.5 Å². The summed E-state index contributed by atoms with van der Waals surface area (Å²) in [6, 6.07) is 18.5. The fraction of sp³-hybridized carbons (Fsp3) is 0.111. The van der Waals surface area contributed by atoms with E-state index in [1.807, 2.05) is 30.3 Å². The van der Waals surface area contributed by atoms with Gasteiger partial charge >= 0.3 is 11.6 Å². The first kappa shape index (κ1) is 22.1. The molecule has 0 saturated heterocycles. The molecule has 0 bridgehead atoms. The second kappa shape index (κ2) is 8.90. The number of carbonyl (C=O) groups excluding carboxylic acids is 1. The number of rotatable bonds is 6. The normalized spacial score (nSPS) is 10.9. The molecule has 0 saturated carbocycles. The second-order valence-corrected chi connectivity index (χ2v) is 7.59. The quantitative estimate of drug-likeness (QED) is 0.183. The average Bonchev–Trinajstić information content (AvgIpc) is 3.31. The molecule has 0 fully saturated rings. The maximum Gasteiger partial charge on any atom is 0.343 e. The topological polar surface area (TPSA) is 97.3 Å². The second-order valence-electron chi connectivity index (χ2n) is 7.59. The summed E-state index contributed by atoms with van der Waals surface area (Å²) in [5.41, 5.74) is 1.24. The lowest BCUT2D eigenvalue weighted by molar-refractivity contribution is 0.0734. The maximum atomic E-state index is 12.9. The van der Waals surface area contributed by atoms with Gasteiger partial charge in [0.1, 0.15) is 22.7 Å². The predicted octanol–water partition coefficient (Wildman–Crippen LogP) is 5.45. The molecule has 0 N–H and O–H groups in total. The van der Waals surface area contributed by atoms with E-state index in [9.17, 15) is 9.59 Å². The molecule has 0 aliphatic carbocycles. The lowest BCUT2D eigenvalue weighted by atomic mass is 10.1. The van der Waals surface area contributed by atoms with Crippen molar-refractivity contribution in [3.05, 3.63) is 82.7 Å². The molecule has 0 aliphatic rings. The van der Waals surface area contributed by atoms with Crippen LogP contribution in [-0.4, -0.2) is 27.3 Å². The molecule has 2 aromatic heterocycles. The van der Waals surface area contributed by atoms with Gasteiger partial charge in [0, 0.05) is 22.4 Å². The third kappa shape index (κ3) is 4.06. The molecule has 8 heteroatoms. The zero-order chi connectivity index (χ0) is 24.5. The van der Waals surface area contributed by atoms with Crippen molar-refractivity contribution < 1.29 is 32.6 Å².